The summed E-state index contributed by atoms with van der Waals surface area (Å²) in [5.74, 6) is -0.234. The smallest absolute Gasteiger partial charge is 0.344 e. The van der Waals surface area contributed by atoms with Gasteiger partial charge in [-0.05, 0) is 36.0 Å². The molecule has 1 N–H and O–H groups in total. The van der Waals surface area contributed by atoms with E-state index >= 15 is 0 Å². The molecular weight excluding hydrogens is 312 g/mol. The number of aliphatic carboxylic acids is 1. The molecule has 0 aliphatic rings. The van der Waals surface area contributed by atoms with Gasteiger partial charge < -0.3 is 9.84 Å². The lowest BCUT2D eigenvalue weighted by Crippen LogP contribution is -2.27. The second-order valence-electron chi connectivity index (χ2n) is 7.98. The number of benzene rings is 1. The van der Waals surface area contributed by atoms with Crippen molar-refractivity contribution in [3.8, 4) is 5.75 Å². The fraction of sp³-hybridized carbons (Fsp3) is 0.682. The number of carbonyl (C=O) groups is 1. The molecule has 0 aromatic heterocycles. The molecule has 0 bridgehead atoms. The number of ether oxygens (including phenoxy) is 1. The van der Waals surface area contributed by atoms with Gasteiger partial charge >= 0.3 is 5.97 Å². The summed E-state index contributed by atoms with van der Waals surface area (Å²) in [4.78, 5) is 11.4. The van der Waals surface area contributed by atoms with Crippen molar-refractivity contribution in [3.63, 3.8) is 0 Å². The predicted octanol–water partition coefficient (Wildman–Crippen LogP) is 6.35. The topological polar surface area (TPSA) is 46.5 Å². The van der Waals surface area contributed by atoms with E-state index in [1.807, 2.05) is 24.3 Å². The zero-order valence-electron chi connectivity index (χ0n) is 16.5. The third kappa shape index (κ3) is 8.94. The molecule has 0 amide bonds. The Kier molecular flexibility index (Phi) is 9.62. The monoisotopic (exact) mass is 348 g/mol. The lowest BCUT2D eigenvalue weighted by Gasteiger charge is -2.20. The molecule has 3 nitrogen and oxygen atoms in total. The van der Waals surface area contributed by atoms with E-state index in [1.54, 1.807) is 0 Å². The number of rotatable bonds is 12. The summed E-state index contributed by atoms with van der Waals surface area (Å²) in [5, 5.41) is 9.39. The van der Waals surface area contributed by atoms with Crippen LogP contribution in [0.25, 0.3) is 0 Å². The van der Waals surface area contributed by atoms with E-state index in [0.717, 1.165) is 12.8 Å². The third-order valence-electron chi connectivity index (χ3n) is 4.59. The first kappa shape index (κ1) is 21.5. The van der Waals surface area contributed by atoms with Gasteiger partial charge in [-0.2, -0.15) is 0 Å². The van der Waals surface area contributed by atoms with E-state index in [2.05, 4.69) is 27.7 Å². The molecule has 0 radical (unpaired) electrons. The number of hydrogen-bond donors (Lipinski definition) is 1. The molecule has 1 rings (SSSR count). The number of carboxylic acid groups (broad SMARTS) is 1. The molecule has 25 heavy (non-hydrogen) atoms. The normalized spacial score (nSPS) is 12.8. The van der Waals surface area contributed by atoms with Gasteiger partial charge in [-0.25, -0.2) is 4.79 Å². The molecule has 3 heteroatoms. The van der Waals surface area contributed by atoms with Crippen molar-refractivity contribution in [2.75, 3.05) is 0 Å². The lowest BCUT2D eigenvalue weighted by atomic mass is 9.87. The summed E-state index contributed by atoms with van der Waals surface area (Å²) in [6.45, 7) is 8.70. The van der Waals surface area contributed by atoms with E-state index in [0.29, 0.717) is 12.2 Å². The molecule has 0 saturated heterocycles. The summed E-state index contributed by atoms with van der Waals surface area (Å²) >= 11 is 0. The van der Waals surface area contributed by atoms with Crippen LogP contribution in [-0.4, -0.2) is 17.2 Å². The summed E-state index contributed by atoms with van der Waals surface area (Å²) in [7, 11) is 0. The van der Waals surface area contributed by atoms with Gasteiger partial charge in [0, 0.05) is 0 Å². The van der Waals surface area contributed by atoms with Crippen LogP contribution in [0.1, 0.15) is 91.0 Å². The summed E-state index contributed by atoms with van der Waals surface area (Å²) in [6.07, 6.45) is 9.48. The van der Waals surface area contributed by atoms with E-state index in [1.165, 1.54) is 44.1 Å². The number of unbranched alkanes of at least 4 members (excludes halogenated alkanes) is 7. The number of hydrogen-bond acceptors (Lipinski definition) is 2. The van der Waals surface area contributed by atoms with Gasteiger partial charge in [-0.3, -0.25) is 0 Å². The van der Waals surface area contributed by atoms with Crippen LogP contribution in [-0.2, 0) is 10.2 Å². The van der Waals surface area contributed by atoms with Gasteiger partial charge in [0.2, 0.25) is 0 Å². The molecule has 0 heterocycles. The van der Waals surface area contributed by atoms with Crippen LogP contribution in [0.4, 0.5) is 0 Å². The predicted molar refractivity (Wildman–Crippen MR) is 104 cm³/mol. The first-order valence-electron chi connectivity index (χ1n) is 9.84. The van der Waals surface area contributed by atoms with E-state index in [9.17, 15) is 9.90 Å². The minimum Gasteiger partial charge on any atom is -0.479 e. The minimum absolute atomic E-state index is 0.0852. The summed E-state index contributed by atoms with van der Waals surface area (Å²) in [6, 6.07) is 7.80. The van der Waals surface area contributed by atoms with Crippen LogP contribution in [0.5, 0.6) is 5.75 Å². The first-order chi connectivity index (χ1) is 11.8. The minimum atomic E-state index is -0.872. The van der Waals surface area contributed by atoms with Crippen LogP contribution >= 0.6 is 0 Å². The van der Waals surface area contributed by atoms with Gasteiger partial charge in [0.1, 0.15) is 5.75 Å². The number of carboxylic acids is 1. The maximum absolute atomic E-state index is 11.4. The molecule has 0 aliphatic heterocycles. The second-order valence-corrected chi connectivity index (χ2v) is 7.98. The standard InChI is InChI=1S/C22H36O3/c1-5-6-7-8-9-10-11-12-13-20(21(23)24)25-19-16-14-18(15-17-19)22(2,3)4/h14-17,20H,5-13H2,1-4H3,(H,23,24). The molecule has 0 spiro atoms. The van der Waals surface area contributed by atoms with Crippen molar-refractivity contribution >= 4 is 5.97 Å². The molecule has 0 aliphatic carbocycles. The average molecular weight is 349 g/mol. The van der Waals surface area contributed by atoms with Gasteiger partial charge in [-0.15, -0.1) is 0 Å². The van der Waals surface area contributed by atoms with Crippen LogP contribution in [0.2, 0.25) is 0 Å². The zero-order valence-corrected chi connectivity index (χ0v) is 16.5. The maximum Gasteiger partial charge on any atom is 0.344 e. The second kappa shape index (κ2) is 11.2. The van der Waals surface area contributed by atoms with E-state index < -0.39 is 12.1 Å². The fourth-order valence-corrected chi connectivity index (χ4v) is 2.89. The molecule has 1 aromatic carbocycles. The van der Waals surface area contributed by atoms with Gasteiger partial charge in [0.25, 0.3) is 0 Å². The molecule has 1 atom stereocenters. The summed E-state index contributed by atoms with van der Waals surface area (Å²) in [5.41, 5.74) is 1.30. The van der Waals surface area contributed by atoms with Gasteiger partial charge in [0.05, 0.1) is 0 Å². The Labute approximate surface area is 153 Å². The molecule has 142 valence electrons. The highest BCUT2D eigenvalue weighted by atomic mass is 16.5. The van der Waals surface area contributed by atoms with Crippen molar-refractivity contribution in [1.29, 1.82) is 0 Å². The summed E-state index contributed by atoms with van der Waals surface area (Å²) < 4.78 is 5.70. The van der Waals surface area contributed by atoms with Crippen molar-refractivity contribution in [1.82, 2.24) is 0 Å². The van der Waals surface area contributed by atoms with Crippen LogP contribution in [0, 0.1) is 0 Å². The highest BCUT2D eigenvalue weighted by molar-refractivity contribution is 5.72. The maximum atomic E-state index is 11.4. The molecule has 1 unspecified atom stereocenters. The Balaban J connectivity index is 2.36. The lowest BCUT2D eigenvalue weighted by molar-refractivity contribution is -0.145. The average Bonchev–Trinajstić information content (AvgIpc) is 2.55. The highest BCUT2D eigenvalue weighted by Gasteiger charge is 2.19. The third-order valence-corrected chi connectivity index (χ3v) is 4.59. The highest BCUT2D eigenvalue weighted by Crippen LogP contribution is 2.25. The van der Waals surface area contributed by atoms with Gasteiger partial charge in [-0.1, -0.05) is 84.8 Å². The molecule has 1 aromatic rings. The largest absolute Gasteiger partial charge is 0.479 e. The Morgan fingerprint density at radius 1 is 0.960 bits per heavy atom. The molecule has 0 saturated carbocycles. The van der Waals surface area contributed by atoms with Crippen molar-refractivity contribution in [3.05, 3.63) is 29.8 Å². The van der Waals surface area contributed by atoms with Crippen LogP contribution in [0.3, 0.4) is 0 Å². The first-order valence-corrected chi connectivity index (χ1v) is 9.84. The SMILES string of the molecule is CCCCCCCCCCC(Oc1ccc(C(C)(C)C)cc1)C(=O)O. The Morgan fingerprint density at radius 2 is 1.48 bits per heavy atom. The van der Waals surface area contributed by atoms with Crippen molar-refractivity contribution < 1.29 is 14.6 Å². The molecule has 0 fully saturated rings. The van der Waals surface area contributed by atoms with E-state index in [-0.39, 0.29) is 5.41 Å². The fourth-order valence-electron chi connectivity index (χ4n) is 2.89. The Morgan fingerprint density at radius 3 is 1.96 bits per heavy atom. The van der Waals surface area contributed by atoms with Crippen LogP contribution < -0.4 is 4.74 Å². The van der Waals surface area contributed by atoms with Crippen LogP contribution in [0.15, 0.2) is 24.3 Å². The Bertz CT molecular complexity index is 485. The van der Waals surface area contributed by atoms with E-state index in [4.69, 9.17) is 4.74 Å². The van der Waals surface area contributed by atoms with Crippen molar-refractivity contribution in [2.45, 2.75) is 97.0 Å². The quantitative estimate of drug-likeness (QED) is 0.448. The Hall–Kier alpha value is -1.51. The van der Waals surface area contributed by atoms with Gasteiger partial charge in [0.15, 0.2) is 6.10 Å². The zero-order chi connectivity index (χ0) is 18.7. The molecular formula is C22H36O3. The van der Waals surface area contributed by atoms with Crippen molar-refractivity contribution in [2.24, 2.45) is 0 Å².